The van der Waals surface area contributed by atoms with Crippen LogP contribution in [0.1, 0.15) is 47.1 Å². The molecule has 4 atom stereocenters. The molecule has 9 heteroatoms. The van der Waals surface area contributed by atoms with Gasteiger partial charge < -0.3 is 33.7 Å². The van der Waals surface area contributed by atoms with Crippen molar-refractivity contribution in [2.24, 2.45) is 5.92 Å². The standard InChI is InChI=1S/C27H35NO8/c1-7-31-24(29)18-15(3)28-16(4)19(25(30)32-8-2)20(18)21-22(33-14-17-12-10-9-11-13-17)23-26(34-21)36-27(5,6)35-23/h9-13,20-23,26,28H,7-8,14H2,1-6H3/t21?,22-,23+,26+/m1/s1. The highest BCUT2D eigenvalue weighted by Crippen LogP contribution is 2.46. The molecule has 0 aromatic heterocycles. The summed E-state index contributed by atoms with van der Waals surface area (Å²) in [7, 11) is 0. The normalized spacial score (nSPS) is 27.6. The summed E-state index contributed by atoms with van der Waals surface area (Å²) < 4.78 is 35.8. The molecule has 1 unspecified atom stereocenters. The lowest BCUT2D eigenvalue weighted by Gasteiger charge is -2.36. The van der Waals surface area contributed by atoms with Gasteiger partial charge in [0, 0.05) is 11.4 Å². The van der Waals surface area contributed by atoms with Crippen LogP contribution in [0, 0.1) is 5.92 Å². The fraction of sp³-hybridized carbons (Fsp3) is 0.556. The van der Waals surface area contributed by atoms with Gasteiger partial charge in [0.05, 0.1) is 36.9 Å². The van der Waals surface area contributed by atoms with Crippen molar-refractivity contribution >= 4 is 11.9 Å². The van der Waals surface area contributed by atoms with E-state index in [1.165, 1.54) is 0 Å². The quantitative estimate of drug-likeness (QED) is 0.538. The highest BCUT2D eigenvalue weighted by molar-refractivity contribution is 5.98. The summed E-state index contributed by atoms with van der Waals surface area (Å²) in [6.45, 7) is 11.3. The molecule has 3 heterocycles. The second-order valence-electron chi connectivity index (χ2n) is 9.45. The third-order valence-corrected chi connectivity index (χ3v) is 6.44. The minimum absolute atomic E-state index is 0.185. The molecule has 3 aliphatic rings. The van der Waals surface area contributed by atoms with Gasteiger partial charge in [0.25, 0.3) is 0 Å². The van der Waals surface area contributed by atoms with Gasteiger partial charge in [-0.05, 0) is 47.1 Å². The van der Waals surface area contributed by atoms with Crippen molar-refractivity contribution in [2.45, 2.75) is 78.5 Å². The number of esters is 2. The van der Waals surface area contributed by atoms with Crippen molar-refractivity contribution < 1.29 is 38.0 Å². The number of hydrogen-bond acceptors (Lipinski definition) is 9. The molecule has 196 valence electrons. The van der Waals surface area contributed by atoms with E-state index < -0.39 is 48.2 Å². The first-order chi connectivity index (χ1) is 17.2. The average molecular weight is 502 g/mol. The largest absolute Gasteiger partial charge is 0.463 e. The Bertz CT molecular complexity index is 1010. The molecule has 0 aliphatic carbocycles. The molecular formula is C27H35NO8. The number of nitrogens with one attached hydrogen (secondary N) is 1. The van der Waals surface area contributed by atoms with Gasteiger partial charge in [0.2, 0.25) is 0 Å². The van der Waals surface area contributed by atoms with Gasteiger partial charge in [0.1, 0.15) is 18.3 Å². The number of allylic oxidation sites excluding steroid dienone is 2. The molecule has 3 aliphatic heterocycles. The highest BCUT2D eigenvalue weighted by Gasteiger charge is 2.59. The van der Waals surface area contributed by atoms with E-state index in [2.05, 4.69) is 5.32 Å². The molecule has 2 saturated heterocycles. The summed E-state index contributed by atoms with van der Waals surface area (Å²) in [5.41, 5.74) is 2.71. The summed E-state index contributed by atoms with van der Waals surface area (Å²) in [6, 6.07) is 9.73. The Hall–Kier alpha value is -2.72. The summed E-state index contributed by atoms with van der Waals surface area (Å²) in [4.78, 5) is 26.4. The van der Waals surface area contributed by atoms with E-state index in [-0.39, 0.29) is 19.8 Å². The summed E-state index contributed by atoms with van der Waals surface area (Å²) in [5.74, 6) is -2.75. The maximum absolute atomic E-state index is 13.2. The van der Waals surface area contributed by atoms with Crippen molar-refractivity contribution in [3.05, 3.63) is 58.4 Å². The van der Waals surface area contributed by atoms with Crippen LogP contribution in [-0.2, 0) is 44.6 Å². The Morgan fingerprint density at radius 3 is 2.06 bits per heavy atom. The van der Waals surface area contributed by atoms with Crippen LogP contribution in [0.15, 0.2) is 52.9 Å². The molecule has 0 radical (unpaired) electrons. The van der Waals surface area contributed by atoms with E-state index in [9.17, 15) is 9.59 Å². The number of dihydropyridines is 1. The molecule has 9 nitrogen and oxygen atoms in total. The number of rotatable bonds is 8. The first-order valence-electron chi connectivity index (χ1n) is 12.4. The Kier molecular flexibility index (Phi) is 7.85. The number of carbonyl (C=O) groups is 2. The summed E-state index contributed by atoms with van der Waals surface area (Å²) in [6.07, 6.45) is -2.70. The minimum atomic E-state index is -0.867. The first-order valence-corrected chi connectivity index (χ1v) is 12.4. The average Bonchev–Trinajstić information content (AvgIpc) is 3.29. The summed E-state index contributed by atoms with van der Waals surface area (Å²) >= 11 is 0. The van der Waals surface area contributed by atoms with Crippen molar-refractivity contribution in [2.75, 3.05) is 13.2 Å². The van der Waals surface area contributed by atoms with Gasteiger partial charge in [-0.1, -0.05) is 30.3 Å². The van der Waals surface area contributed by atoms with Gasteiger partial charge in [0.15, 0.2) is 12.1 Å². The van der Waals surface area contributed by atoms with Crippen LogP contribution in [-0.4, -0.2) is 55.5 Å². The third kappa shape index (κ3) is 5.20. The zero-order valence-corrected chi connectivity index (χ0v) is 21.7. The molecule has 0 amide bonds. The number of benzene rings is 1. The van der Waals surface area contributed by atoms with E-state index in [1.807, 2.05) is 44.2 Å². The van der Waals surface area contributed by atoms with Crippen LogP contribution < -0.4 is 5.32 Å². The second kappa shape index (κ2) is 10.7. The van der Waals surface area contributed by atoms with Crippen LogP contribution >= 0.6 is 0 Å². The van der Waals surface area contributed by atoms with Gasteiger partial charge in [-0.3, -0.25) is 0 Å². The maximum Gasteiger partial charge on any atom is 0.336 e. The zero-order chi connectivity index (χ0) is 26.0. The highest BCUT2D eigenvalue weighted by atomic mass is 16.8. The molecule has 1 aromatic rings. The number of hydrogen-bond donors (Lipinski definition) is 1. The zero-order valence-electron chi connectivity index (χ0n) is 21.7. The number of fused-ring (bicyclic) bond motifs is 1. The van der Waals surface area contributed by atoms with E-state index in [0.717, 1.165) is 5.56 Å². The Labute approximate surface area is 211 Å². The lowest BCUT2D eigenvalue weighted by atomic mass is 9.79. The van der Waals surface area contributed by atoms with Crippen LogP contribution in [0.4, 0.5) is 0 Å². The second-order valence-corrected chi connectivity index (χ2v) is 9.45. The molecular weight excluding hydrogens is 466 g/mol. The SMILES string of the molecule is CCOC(=O)C1=C(C)NC(C)=C(C(=O)OCC)C1C1O[C@H]2OC(C)(C)O[C@H]2[C@@H]1OCc1ccccc1. The monoisotopic (exact) mass is 501 g/mol. The minimum Gasteiger partial charge on any atom is -0.463 e. The van der Waals surface area contributed by atoms with Gasteiger partial charge >= 0.3 is 11.9 Å². The van der Waals surface area contributed by atoms with Crippen LogP contribution in [0.5, 0.6) is 0 Å². The molecule has 1 aromatic carbocycles. The first kappa shape index (κ1) is 26.3. The Morgan fingerprint density at radius 2 is 1.50 bits per heavy atom. The molecule has 1 N–H and O–H groups in total. The molecule has 0 spiro atoms. The Morgan fingerprint density at radius 1 is 0.917 bits per heavy atom. The smallest absolute Gasteiger partial charge is 0.336 e. The lowest BCUT2D eigenvalue weighted by Crippen LogP contribution is -2.46. The molecule has 36 heavy (non-hydrogen) atoms. The van der Waals surface area contributed by atoms with E-state index in [4.69, 9.17) is 28.4 Å². The summed E-state index contributed by atoms with van der Waals surface area (Å²) in [5, 5.41) is 3.15. The van der Waals surface area contributed by atoms with Gasteiger partial charge in [-0.2, -0.15) is 0 Å². The predicted octanol–water partition coefficient (Wildman–Crippen LogP) is 3.34. The fourth-order valence-electron chi connectivity index (χ4n) is 5.06. The molecule has 4 rings (SSSR count). The number of ether oxygens (including phenoxy) is 6. The van der Waals surface area contributed by atoms with Crippen molar-refractivity contribution in [3.8, 4) is 0 Å². The van der Waals surface area contributed by atoms with Gasteiger partial charge in [-0.25, -0.2) is 9.59 Å². The van der Waals surface area contributed by atoms with E-state index >= 15 is 0 Å². The van der Waals surface area contributed by atoms with Crippen LogP contribution in [0.2, 0.25) is 0 Å². The topological polar surface area (TPSA) is 102 Å². The van der Waals surface area contributed by atoms with Gasteiger partial charge in [-0.15, -0.1) is 0 Å². The fourth-order valence-corrected chi connectivity index (χ4v) is 5.06. The van der Waals surface area contributed by atoms with Crippen LogP contribution in [0.3, 0.4) is 0 Å². The van der Waals surface area contributed by atoms with E-state index in [0.29, 0.717) is 22.5 Å². The Balaban J connectivity index is 1.75. The number of carbonyl (C=O) groups excluding carboxylic acids is 2. The van der Waals surface area contributed by atoms with Crippen molar-refractivity contribution in [1.29, 1.82) is 0 Å². The third-order valence-electron chi connectivity index (χ3n) is 6.44. The maximum atomic E-state index is 13.2. The predicted molar refractivity (Wildman–Crippen MR) is 129 cm³/mol. The molecule has 0 bridgehead atoms. The molecule has 0 saturated carbocycles. The van der Waals surface area contributed by atoms with Crippen molar-refractivity contribution in [1.82, 2.24) is 5.32 Å². The van der Waals surface area contributed by atoms with E-state index in [1.54, 1.807) is 27.7 Å². The van der Waals surface area contributed by atoms with Crippen molar-refractivity contribution in [3.63, 3.8) is 0 Å². The lowest BCUT2D eigenvalue weighted by molar-refractivity contribution is -0.223. The molecule has 2 fully saturated rings. The van der Waals surface area contributed by atoms with Crippen LogP contribution in [0.25, 0.3) is 0 Å².